The van der Waals surface area contributed by atoms with Gasteiger partial charge in [-0.1, -0.05) is 53.4 Å². The number of aliphatic hydroxyl groups is 1. The van der Waals surface area contributed by atoms with Crippen LogP contribution in [-0.2, 0) is 0 Å². The van der Waals surface area contributed by atoms with Gasteiger partial charge in [0.15, 0.2) is 0 Å². The van der Waals surface area contributed by atoms with Crippen LogP contribution in [0.2, 0.25) is 0 Å². The summed E-state index contributed by atoms with van der Waals surface area (Å²) in [6, 6.07) is 2.09. The molecule has 220 valence electrons. The molecule has 0 aliphatic carbocycles. The van der Waals surface area contributed by atoms with E-state index in [-0.39, 0.29) is 0 Å². The predicted molar refractivity (Wildman–Crippen MR) is 179 cm³/mol. The molecule has 0 fully saturated rings. The number of aliphatic hydroxyl groups excluding tert-OH is 1. The van der Waals surface area contributed by atoms with E-state index >= 15 is 0 Å². The molecular weight excluding hydrogens is 516 g/mol. The fourth-order valence-electron chi connectivity index (χ4n) is 6.05. The normalized spacial score (nSPS) is 18.2. The average Bonchev–Trinajstić information content (AvgIpc) is 3.82. The second-order valence-electron chi connectivity index (χ2n) is 11.6. The van der Waals surface area contributed by atoms with Crippen molar-refractivity contribution >= 4 is 34.5 Å². The van der Waals surface area contributed by atoms with Gasteiger partial charge in [0.05, 0.1) is 45.8 Å². The van der Waals surface area contributed by atoms with Gasteiger partial charge in [0.25, 0.3) is 0 Å². The van der Waals surface area contributed by atoms with Gasteiger partial charge < -0.3 is 10.1 Å². The Morgan fingerprint density at radius 3 is 1.43 bits per heavy atom. The summed E-state index contributed by atoms with van der Waals surface area (Å²) in [6.07, 6.45) is 26.7. The first-order valence-corrected chi connectivity index (χ1v) is 16.2. The molecule has 0 unspecified atom stereocenters. The molecule has 0 saturated heterocycles. The van der Waals surface area contributed by atoms with Gasteiger partial charge in [-0.05, 0) is 93.9 Å². The lowest BCUT2D eigenvalue weighted by molar-refractivity contribution is 0.540. The summed E-state index contributed by atoms with van der Waals surface area (Å²) in [7, 11) is 0. The van der Waals surface area contributed by atoms with Gasteiger partial charge in [0.2, 0.25) is 0 Å². The molecule has 5 heterocycles. The Morgan fingerprint density at radius 1 is 0.571 bits per heavy atom. The summed E-state index contributed by atoms with van der Waals surface area (Å²) in [4.78, 5) is 19.5. The molecule has 0 radical (unpaired) electrons. The molecule has 0 amide bonds. The van der Waals surface area contributed by atoms with Crippen LogP contribution in [0.3, 0.4) is 0 Å². The third kappa shape index (κ3) is 6.21. The van der Waals surface area contributed by atoms with Gasteiger partial charge in [-0.15, -0.1) is 0 Å². The molecule has 0 spiro atoms. The lowest BCUT2D eigenvalue weighted by Crippen LogP contribution is -2.28. The molecular formula is C37H46N4O. The van der Waals surface area contributed by atoms with Gasteiger partial charge in [0.1, 0.15) is 0 Å². The molecule has 0 saturated carbocycles. The first-order valence-electron chi connectivity index (χ1n) is 16.2. The van der Waals surface area contributed by atoms with Crippen molar-refractivity contribution in [2.45, 2.75) is 105 Å². The quantitative estimate of drug-likeness (QED) is 0.263. The van der Waals surface area contributed by atoms with Gasteiger partial charge >= 0.3 is 0 Å². The Balaban J connectivity index is 1.83. The fraction of sp³-hybridized carbons (Fsp3) is 0.432. The van der Waals surface area contributed by atoms with Crippen molar-refractivity contribution in [1.82, 2.24) is 4.98 Å². The van der Waals surface area contributed by atoms with Crippen LogP contribution in [0.5, 0.6) is 0 Å². The summed E-state index contributed by atoms with van der Waals surface area (Å²) in [5.74, 6) is 0. The Labute approximate surface area is 251 Å². The second-order valence-corrected chi connectivity index (χ2v) is 11.6. The molecule has 4 aliphatic heterocycles. The van der Waals surface area contributed by atoms with Crippen LogP contribution in [0, 0.1) is 0 Å². The highest BCUT2D eigenvalue weighted by Crippen LogP contribution is 2.33. The van der Waals surface area contributed by atoms with E-state index in [1.165, 1.54) is 23.0 Å². The third-order valence-corrected chi connectivity index (χ3v) is 8.51. The minimum absolute atomic E-state index is 0.804. The highest BCUT2D eigenvalue weighted by Gasteiger charge is 2.23. The molecule has 5 rings (SSSR count). The SMILES string of the molecule is CCCCC1=C2C=CC(=N2)C(CCCC)=C2C=CC(=N2)C(CCCC)=c2[nH]c(c/c2=C\O)C(CCCC)=C2C=CC1=N2. The average molecular weight is 563 g/mol. The Bertz CT molecular complexity index is 1610. The number of rotatable bonds is 12. The van der Waals surface area contributed by atoms with E-state index < -0.39 is 0 Å². The first-order chi connectivity index (χ1) is 20.6. The number of fused-ring (bicyclic) bond motifs is 5. The number of hydrogen-bond acceptors (Lipinski definition) is 4. The minimum Gasteiger partial charge on any atom is -0.515 e. The molecule has 4 aliphatic rings. The number of aliphatic imine (C=N–C) groups is 3. The molecule has 1 aromatic rings. The smallest absolute Gasteiger partial charge is 0.0885 e. The predicted octanol–water partition coefficient (Wildman–Crippen LogP) is 8.49. The molecule has 5 nitrogen and oxygen atoms in total. The van der Waals surface area contributed by atoms with E-state index in [9.17, 15) is 5.11 Å². The van der Waals surface area contributed by atoms with Crippen LogP contribution in [-0.4, -0.2) is 27.2 Å². The van der Waals surface area contributed by atoms with Crippen molar-refractivity contribution in [1.29, 1.82) is 0 Å². The second kappa shape index (κ2) is 14.0. The van der Waals surface area contributed by atoms with Gasteiger partial charge in [0, 0.05) is 33.2 Å². The van der Waals surface area contributed by atoms with Crippen molar-refractivity contribution in [2.24, 2.45) is 15.0 Å². The van der Waals surface area contributed by atoms with E-state index in [4.69, 9.17) is 15.0 Å². The van der Waals surface area contributed by atoms with E-state index in [0.29, 0.717) is 0 Å². The lowest BCUT2D eigenvalue weighted by Gasteiger charge is -2.11. The summed E-state index contributed by atoms with van der Waals surface area (Å²) >= 11 is 0. The monoisotopic (exact) mass is 562 g/mol. The first kappa shape index (κ1) is 29.8. The molecule has 0 atom stereocenters. The van der Waals surface area contributed by atoms with E-state index in [0.717, 1.165) is 133 Å². The zero-order valence-corrected chi connectivity index (χ0v) is 25.9. The minimum atomic E-state index is 0.804. The number of H-pyrrole nitrogens is 1. The van der Waals surface area contributed by atoms with Crippen molar-refractivity contribution in [3.63, 3.8) is 0 Å². The fourth-order valence-corrected chi connectivity index (χ4v) is 6.05. The molecule has 8 bridgehead atoms. The van der Waals surface area contributed by atoms with Crippen molar-refractivity contribution in [3.8, 4) is 0 Å². The van der Waals surface area contributed by atoms with Crippen LogP contribution in [0.1, 0.15) is 110 Å². The highest BCUT2D eigenvalue weighted by molar-refractivity contribution is 6.26. The summed E-state index contributed by atoms with van der Waals surface area (Å²) in [5, 5.41) is 12.2. The largest absolute Gasteiger partial charge is 0.515 e. The highest BCUT2D eigenvalue weighted by atomic mass is 16.2. The lowest BCUT2D eigenvalue weighted by atomic mass is 10.0. The third-order valence-electron chi connectivity index (χ3n) is 8.51. The topological polar surface area (TPSA) is 73.1 Å². The van der Waals surface area contributed by atoms with Crippen molar-refractivity contribution < 1.29 is 5.11 Å². The number of nitrogens with zero attached hydrogens (tertiary/aromatic N) is 3. The Morgan fingerprint density at radius 2 is 0.976 bits per heavy atom. The molecule has 1 aromatic heterocycles. The summed E-state index contributed by atoms with van der Waals surface area (Å²) in [5.41, 5.74) is 11.8. The maximum absolute atomic E-state index is 10.4. The number of unbranched alkanes of at least 4 members (excludes halogenated alkanes) is 4. The summed E-state index contributed by atoms with van der Waals surface area (Å²) < 4.78 is 0. The number of nitrogens with one attached hydrogen (secondary N) is 1. The summed E-state index contributed by atoms with van der Waals surface area (Å²) in [6.45, 7) is 8.91. The van der Waals surface area contributed by atoms with Crippen LogP contribution in [0.25, 0.3) is 17.4 Å². The van der Waals surface area contributed by atoms with Crippen LogP contribution >= 0.6 is 0 Å². The molecule has 0 aromatic carbocycles. The van der Waals surface area contributed by atoms with Crippen molar-refractivity contribution in [2.75, 3.05) is 0 Å². The van der Waals surface area contributed by atoms with Gasteiger partial charge in [-0.25, -0.2) is 15.0 Å². The zero-order valence-electron chi connectivity index (χ0n) is 25.9. The molecule has 42 heavy (non-hydrogen) atoms. The van der Waals surface area contributed by atoms with Crippen molar-refractivity contribution in [3.05, 3.63) is 87.0 Å². The number of aromatic amines is 1. The van der Waals surface area contributed by atoms with E-state index in [1.54, 1.807) is 0 Å². The van der Waals surface area contributed by atoms with E-state index in [1.807, 2.05) is 0 Å². The Kier molecular flexibility index (Phi) is 9.89. The standard InChI is InChI=1S/C37H46N4O/c1-5-9-13-26-30-17-18-31(38-30)27(14-10-6-2)33-21-22-35(40-33)29(16-12-8-4)37-25(24-42)23-36(41-37)28(15-11-7-3)34-20-19-32(26)39-34/h17-24,41-42H,5-16H2,1-4H3/b25-24+,30-26?,33-27?,34-28?,37-29?. The number of aromatic nitrogens is 1. The number of hydrogen-bond donors (Lipinski definition) is 2. The zero-order chi connectivity index (χ0) is 29.5. The van der Waals surface area contributed by atoms with Gasteiger partial charge in [-0.3, -0.25) is 0 Å². The molecule has 5 heteroatoms. The number of allylic oxidation sites excluding steroid dienone is 9. The van der Waals surface area contributed by atoms with Crippen LogP contribution in [0.15, 0.2) is 85.7 Å². The maximum atomic E-state index is 10.4. The van der Waals surface area contributed by atoms with Gasteiger partial charge in [-0.2, -0.15) is 0 Å². The van der Waals surface area contributed by atoms with E-state index in [2.05, 4.69) is 75.2 Å². The van der Waals surface area contributed by atoms with Crippen LogP contribution in [0.4, 0.5) is 0 Å². The maximum Gasteiger partial charge on any atom is 0.0885 e. The Hall–Kier alpha value is -3.73. The van der Waals surface area contributed by atoms with Crippen LogP contribution < -0.4 is 10.6 Å². The molecule has 2 N–H and O–H groups in total.